The van der Waals surface area contributed by atoms with Gasteiger partial charge in [-0.05, 0) is 6.42 Å². The van der Waals surface area contributed by atoms with Crippen molar-refractivity contribution in [2.45, 2.75) is 26.7 Å². The fourth-order valence-corrected chi connectivity index (χ4v) is 1.03. The van der Waals surface area contributed by atoms with E-state index in [-0.39, 0.29) is 5.92 Å². The first-order chi connectivity index (χ1) is 6.49. The Kier molecular flexibility index (Phi) is 5.52. The van der Waals surface area contributed by atoms with Crippen molar-refractivity contribution in [2.75, 3.05) is 6.54 Å². The maximum absolute atomic E-state index is 11.2. The topological polar surface area (TPSA) is 83.5 Å². The molecule has 0 aromatic carbocycles. The summed E-state index contributed by atoms with van der Waals surface area (Å²) in [6, 6.07) is 0. The van der Waals surface area contributed by atoms with Gasteiger partial charge in [-0.3, -0.25) is 14.4 Å². The molecule has 1 atom stereocenters. The zero-order valence-corrected chi connectivity index (χ0v) is 8.37. The van der Waals surface area contributed by atoms with Gasteiger partial charge in [0, 0.05) is 5.92 Å². The molecule has 5 nitrogen and oxygen atoms in total. The molecule has 0 aromatic heterocycles. The van der Waals surface area contributed by atoms with Crippen molar-refractivity contribution in [2.24, 2.45) is 5.92 Å². The number of hydrogen-bond acceptors (Lipinski definition) is 3. The zero-order valence-electron chi connectivity index (χ0n) is 8.37. The van der Waals surface area contributed by atoms with Gasteiger partial charge in [0.15, 0.2) is 0 Å². The molecule has 0 saturated carbocycles. The van der Waals surface area contributed by atoms with Crippen LogP contribution in [-0.4, -0.2) is 29.3 Å². The molecule has 0 heterocycles. The summed E-state index contributed by atoms with van der Waals surface area (Å²) < 4.78 is 0. The van der Waals surface area contributed by atoms with Crippen LogP contribution in [0.25, 0.3) is 0 Å². The summed E-state index contributed by atoms with van der Waals surface area (Å²) in [5.74, 6) is -2.86. The highest BCUT2D eigenvalue weighted by atomic mass is 16.4. The predicted molar refractivity (Wildman–Crippen MR) is 49.7 cm³/mol. The lowest BCUT2D eigenvalue weighted by Crippen LogP contribution is -2.37. The number of Topliss-reactive ketones (excluding diaryl/α,β-unsaturated/α-hetero) is 1. The van der Waals surface area contributed by atoms with Crippen molar-refractivity contribution in [1.29, 1.82) is 0 Å². The Morgan fingerprint density at radius 1 is 1.36 bits per heavy atom. The van der Waals surface area contributed by atoms with E-state index in [0.29, 0.717) is 6.42 Å². The smallest absolute Gasteiger partial charge is 0.322 e. The number of hydrogen-bond donors (Lipinski definition) is 2. The molecule has 0 radical (unpaired) electrons. The SMILES string of the molecule is CCCC(C)C(=O)C(=O)NCC(=O)O. The summed E-state index contributed by atoms with van der Waals surface area (Å²) >= 11 is 0. The Morgan fingerprint density at radius 3 is 2.36 bits per heavy atom. The second kappa shape index (κ2) is 6.12. The average molecular weight is 201 g/mol. The lowest BCUT2D eigenvalue weighted by atomic mass is 10.0. The second-order valence-corrected chi connectivity index (χ2v) is 3.13. The van der Waals surface area contributed by atoms with E-state index in [1.807, 2.05) is 12.2 Å². The fourth-order valence-electron chi connectivity index (χ4n) is 1.03. The molecule has 0 rings (SSSR count). The highest BCUT2D eigenvalue weighted by Gasteiger charge is 2.20. The van der Waals surface area contributed by atoms with Crippen molar-refractivity contribution in [1.82, 2.24) is 5.32 Å². The molecule has 80 valence electrons. The Hall–Kier alpha value is -1.39. The van der Waals surface area contributed by atoms with E-state index in [2.05, 4.69) is 0 Å². The van der Waals surface area contributed by atoms with Gasteiger partial charge in [0.1, 0.15) is 6.54 Å². The van der Waals surface area contributed by atoms with Crippen LogP contribution >= 0.6 is 0 Å². The molecule has 0 aliphatic carbocycles. The van der Waals surface area contributed by atoms with Crippen molar-refractivity contribution < 1.29 is 19.5 Å². The van der Waals surface area contributed by atoms with E-state index in [9.17, 15) is 14.4 Å². The van der Waals surface area contributed by atoms with Crippen LogP contribution in [0, 0.1) is 5.92 Å². The predicted octanol–water partition coefficient (Wildman–Crippen LogP) is 0.193. The third-order valence-corrected chi connectivity index (χ3v) is 1.79. The summed E-state index contributed by atoms with van der Waals surface area (Å²) in [7, 11) is 0. The average Bonchev–Trinajstić information content (AvgIpc) is 2.13. The van der Waals surface area contributed by atoms with Gasteiger partial charge in [0.05, 0.1) is 0 Å². The number of carboxylic acids is 1. The van der Waals surface area contributed by atoms with E-state index in [1.54, 1.807) is 6.92 Å². The van der Waals surface area contributed by atoms with Crippen molar-refractivity contribution >= 4 is 17.7 Å². The van der Waals surface area contributed by atoms with Crippen molar-refractivity contribution in [3.8, 4) is 0 Å². The maximum Gasteiger partial charge on any atom is 0.322 e. The Labute approximate surface area is 82.5 Å². The minimum atomic E-state index is -1.16. The quantitative estimate of drug-likeness (QED) is 0.601. The third kappa shape index (κ3) is 4.59. The monoisotopic (exact) mass is 201 g/mol. The van der Waals surface area contributed by atoms with Gasteiger partial charge in [0.25, 0.3) is 5.91 Å². The number of amides is 1. The molecule has 5 heteroatoms. The van der Waals surface area contributed by atoms with Crippen LogP contribution in [0.5, 0.6) is 0 Å². The molecule has 1 unspecified atom stereocenters. The van der Waals surface area contributed by atoms with Crippen LogP contribution in [0.1, 0.15) is 26.7 Å². The summed E-state index contributed by atoms with van der Waals surface area (Å²) in [4.78, 5) is 32.4. The number of carbonyl (C=O) groups excluding carboxylic acids is 2. The molecule has 1 amide bonds. The molecule has 0 spiro atoms. The molecule has 0 bridgehead atoms. The maximum atomic E-state index is 11.2. The molecule has 0 aromatic rings. The Bertz CT molecular complexity index is 237. The molecule has 0 aliphatic rings. The molecule has 0 fully saturated rings. The normalized spacial score (nSPS) is 11.9. The van der Waals surface area contributed by atoms with Crippen LogP contribution in [0.15, 0.2) is 0 Å². The van der Waals surface area contributed by atoms with E-state index in [1.165, 1.54) is 0 Å². The van der Waals surface area contributed by atoms with Crippen LogP contribution in [0.2, 0.25) is 0 Å². The first-order valence-electron chi connectivity index (χ1n) is 4.52. The number of aliphatic carboxylic acids is 1. The van der Waals surface area contributed by atoms with Crippen LogP contribution in [0.3, 0.4) is 0 Å². The largest absolute Gasteiger partial charge is 0.480 e. The number of rotatable bonds is 6. The molecular weight excluding hydrogens is 186 g/mol. The van der Waals surface area contributed by atoms with Gasteiger partial charge in [-0.1, -0.05) is 20.3 Å². The first kappa shape index (κ1) is 12.6. The number of ketones is 1. The summed E-state index contributed by atoms with van der Waals surface area (Å²) in [5, 5.41) is 10.3. The van der Waals surface area contributed by atoms with Crippen molar-refractivity contribution in [3.05, 3.63) is 0 Å². The molecule has 14 heavy (non-hydrogen) atoms. The van der Waals surface area contributed by atoms with Crippen molar-refractivity contribution in [3.63, 3.8) is 0 Å². The van der Waals surface area contributed by atoms with E-state index in [0.717, 1.165) is 6.42 Å². The third-order valence-electron chi connectivity index (χ3n) is 1.79. The van der Waals surface area contributed by atoms with Gasteiger partial charge < -0.3 is 10.4 Å². The van der Waals surface area contributed by atoms with E-state index in [4.69, 9.17) is 5.11 Å². The lowest BCUT2D eigenvalue weighted by molar-refractivity contribution is -0.142. The number of carboxylic acid groups (broad SMARTS) is 1. The van der Waals surface area contributed by atoms with Gasteiger partial charge in [-0.2, -0.15) is 0 Å². The minimum absolute atomic E-state index is 0.339. The van der Waals surface area contributed by atoms with Gasteiger partial charge in [-0.15, -0.1) is 0 Å². The molecule has 0 saturated heterocycles. The zero-order chi connectivity index (χ0) is 11.1. The standard InChI is InChI=1S/C9H15NO4/c1-3-4-6(2)8(13)9(14)10-5-7(11)12/h6H,3-5H2,1-2H3,(H,10,14)(H,11,12). The molecule has 2 N–H and O–H groups in total. The summed E-state index contributed by atoms with van der Waals surface area (Å²) in [5.41, 5.74) is 0. The molecule has 0 aliphatic heterocycles. The van der Waals surface area contributed by atoms with Crippen LogP contribution < -0.4 is 5.32 Å². The van der Waals surface area contributed by atoms with Crippen LogP contribution in [-0.2, 0) is 14.4 Å². The second-order valence-electron chi connectivity index (χ2n) is 3.13. The van der Waals surface area contributed by atoms with Gasteiger partial charge in [-0.25, -0.2) is 0 Å². The Morgan fingerprint density at radius 2 is 1.93 bits per heavy atom. The van der Waals surface area contributed by atoms with Crippen LogP contribution in [0.4, 0.5) is 0 Å². The van der Waals surface area contributed by atoms with Gasteiger partial charge in [0.2, 0.25) is 5.78 Å². The van der Waals surface area contributed by atoms with E-state index < -0.39 is 24.2 Å². The highest BCUT2D eigenvalue weighted by molar-refractivity contribution is 6.37. The first-order valence-corrected chi connectivity index (χ1v) is 4.52. The number of carbonyl (C=O) groups is 3. The highest BCUT2D eigenvalue weighted by Crippen LogP contribution is 2.05. The van der Waals surface area contributed by atoms with E-state index >= 15 is 0 Å². The lowest BCUT2D eigenvalue weighted by Gasteiger charge is -2.07. The minimum Gasteiger partial charge on any atom is -0.480 e. The summed E-state index contributed by atoms with van der Waals surface area (Å²) in [6.45, 7) is 3.06. The summed E-state index contributed by atoms with van der Waals surface area (Å²) in [6.07, 6.45) is 1.46. The van der Waals surface area contributed by atoms with Gasteiger partial charge >= 0.3 is 5.97 Å². The molecular formula is C9H15NO4. The fraction of sp³-hybridized carbons (Fsp3) is 0.667. The number of nitrogens with one attached hydrogen (secondary N) is 1. The Balaban J connectivity index is 3.99.